The third-order valence-corrected chi connectivity index (χ3v) is 6.41. The molecule has 4 N–H and O–H groups in total. The summed E-state index contributed by atoms with van der Waals surface area (Å²) in [6, 6.07) is 18.3. The zero-order valence-electron chi connectivity index (χ0n) is 20.1. The van der Waals surface area contributed by atoms with Gasteiger partial charge in [-0.15, -0.1) is 0 Å². The highest BCUT2D eigenvalue weighted by atomic mass is 16.5. The van der Waals surface area contributed by atoms with Crippen LogP contribution in [0.15, 0.2) is 79.1 Å². The van der Waals surface area contributed by atoms with Gasteiger partial charge in [0.25, 0.3) is 5.91 Å². The first-order valence-electron chi connectivity index (χ1n) is 11.7. The second-order valence-electron chi connectivity index (χ2n) is 8.91. The van der Waals surface area contributed by atoms with Crippen molar-refractivity contribution in [3.05, 3.63) is 102 Å². The Hall–Kier alpha value is -4.13. The van der Waals surface area contributed by atoms with Gasteiger partial charge in [0, 0.05) is 60.2 Å². The minimum absolute atomic E-state index is 0.0796. The van der Waals surface area contributed by atoms with Crippen LogP contribution in [0.3, 0.4) is 0 Å². The first kappa shape index (κ1) is 24.0. The van der Waals surface area contributed by atoms with Gasteiger partial charge >= 0.3 is 0 Å². The summed E-state index contributed by atoms with van der Waals surface area (Å²) >= 11 is 0. The predicted molar refractivity (Wildman–Crippen MR) is 139 cm³/mol. The SMILES string of the molecule is C=C1CC(Oc2ccc(C(=N)c3cc(C(=O)NCc4ccccn4)ccc3N)cc2)CC(C)N1C. The van der Waals surface area contributed by atoms with Gasteiger partial charge in [0.15, 0.2) is 0 Å². The number of rotatable bonds is 7. The van der Waals surface area contributed by atoms with Gasteiger partial charge in [-0.05, 0) is 61.5 Å². The van der Waals surface area contributed by atoms with Crippen LogP contribution in [0.1, 0.15) is 46.9 Å². The van der Waals surface area contributed by atoms with E-state index in [0.717, 1.165) is 30.0 Å². The molecule has 2 unspecified atom stereocenters. The molecule has 1 aliphatic heterocycles. The zero-order chi connectivity index (χ0) is 24.9. The molecule has 2 aromatic carbocycles. The number of nitrogens with two attached hydrogens (primary N) is 1. The summed E-state index contributed by atoms with van der Waals surface area (Å²) < 4.78 is 6.18. The molecule has 3 aromatic rings. The van der Waals surface area contributed by atoms with E-state index in [-0.39, 0.29) is 17.7 Å². The third-order valence-electron chi connectivity index (χ3n) is 6.41. The van der Waals surface area contributed by atoms with Crippen LogP contribution in [0.2, 0.25) is 0 Å². The Labute approximate surface area is 206 Å². The van der Waals surface area contributed by atoms with Gasteiger partial charge in [-0.3, -0.25) is 15.2 Å². The highest BCUT2D eigenvalue weighted by Gasteiger charge is 2.26. The quantitative estimate of drug-likeness (QED) is 0.352. The maximum absolute atomic E-state index is 12.7. The Morgan fingerprint density at radius 2 is 1.94 bits per heavy atom. The number of benzene rings is 2. The number of hydrogen-bond donors (Lipinski definition) is 3. The standard InChI is InChI=1S/C28H31N5O2/c1-18-14-24(15-19(2)33(18)3)35-23-10-7-20(8-11-23)27(30)25-16-21(9-12-26(25)29)28(34)32-17-22-6-4-5-13-31-22/h4-13,16,19,24,30H,1,14-15,17,29H2,2-3H3,(H,32,34). The number of carbonyl (C=O) groups excluding carboxylic acids is 1. The summed E-state index contributed by atoms with van der Waals surface area (Å²) in [5.74, 6) is 0.508. The van der Waals surface area contributed by atoms with Crippen LogP contribution in [-0.2, 0) is 6.54 Å². The Balaban J connectivity index is 1.43. The molecule has 180 valence electrons. The lowest BCUT2D eigenvalue weighted by atomic mass is 9.98. The molecule has 2 heterocycles. The van der Waals surface area contributed by atoms with Gasteiger partial charge in [-0.1, -0.05) is 12.6 Å². The Bertz CT molecular complexity index is 1220. The number of likely N-dealkylation sites (tertiary alicyclic amines) is 1. The second kappa shape index (κ2) is 10.4. The number of nitrogens with one attached hydrogen (secondary N) is 2. The van der Waals surface area contributed by atoms with E-state index in [1.54, 1.807) is 24.4 Å². The van der Waals surface area contributed by atoms with Gasteiger partial charge in [0.2, 0.25) is 0 Å². The zero-order valence-corrected chi connectivity index (χ0v) is 20.1. The highest BCUT2D eigenvalue weighted by molar-refractivity contribution is 6.14. The molecule has 2 atom stereocenters. The smallest absolute Gasteiger partial charge is 0.251 e. The lowest BCUT2D eigenvalue weighted by Gasteiger charge is -2.38. The summed E-state index contributed by atoms with van der Waals surface area (Å²) in [5, 5.41) is 11.6. The molecule has 1 aliphatic rings. The third kappa shape index (κ3) is 5.69. The predicted octanol–water partition coefficient (Wildman–Crippen LogP) is 4.39. The summed E-state index contributed by atoms with van der Waals surface area (Å²) in [6.45, 7) is 6.63. The van der Waals surface area contributed by atoms with E-state index in [4.69, 9.17) is 15.9 Å². The maximum atomic E-state index is 12.7. The van der Waals surface area contributed by atoms with Gasteiger partial charge in [0.1, 0.15) is 11.9 Å². The number of ether oxygens (including phenoxy) is 1. The van der Waals surface area contributed by atoms with Crippen molar-refractivity contribution in [3.63, 3.8) is 0 Å². The number of aromatic nitrogens is 1. The minimum Gasteiger partial charge on any atom is -0.490 e. The Kier molecular flexibility index (Phi) is 7.15. The fourth-order valence-corrected chi connectivity index (χ4v) is 4.17. The van der Waals surface area contributed by atoms with Gasteiger partial charge < -0.3 is 20.7 Å². The van der Waals surface area contributed by atoms with Gasteiger partial charge in [-0.2, -0.15) is 0 Å². The Morgan fingerprint density at radius 3 is 2.63 bits per heavy atom. The van der Waals surface area contributed by atoms with E-state index in [1.165, 1.54) is 0 Å². The fraction of sp³-hybridized carbons (Fsp3) is 0.250. The molecule has 0 saturated carbocycles. The van der Waals surface area contributed by atoms with E-state index in [2.05, 4.69) is 35.8 Å². The maximum Gasteiger partial charge on any atom is 0.251 e. The number of nitrogens with zero attached hydrogens (tertiary/aromatic N) is 2. The molecule has 0 spiro atoms. The number of nitrogen functional groups attached to an aromatic ring is 1. The summed E-state index contributed by atoms with van der Waals surface area (Å²) in [7, 11) is 2.06. The van der Waals surface area contributed by atoms with Crippen molar-refractivity contribution in [2.75, 3.05) is 12.8 Å². The number of carbonyl (C=O) groups is 1. The number of amides is 1. The number of pyridine rings is 1. The minimum atomic E-state index is -0.248. The van der Waals surface area contributed by atoms with Crippen LogP contribution >= 0.6 is 0 Å². The molecule has 0 bridgehead atoms. The average Bonchev–Trinajstić information content (AvgIpc) is 2.87. The van der Waals surface area contributed by atoms with E-state index in [9.17, 15) is 4.79 Å². The largest absolute Gasteiger partial charge is 0.490 e. The van der Waals surface area contributed by atoms with Crippen LogP contribution in [0.25, 0.3) is 0 Å². The molecular formula is C28H31N5O2. The van der Waals surface area contributed by atoms with Crippen molar-refractivity contribution in [2.24, 2.45) is 0 Å². The molecular weight excluding hydrogens is 438 g/mol. The fourth-order valence-electron chi connectivity index (χ4n) is 4.17. The molecule has 0 aliphatic carbocycles. The molecule has 1 aromatic heterocycles. The highest BCUT2D eigenvalue weighted by Crippen LogP contribution is 2.28. The van der Waals surface area contributed by atoms with Crippen LogP contribution in [0.4, 0.5) is 5.69 Å². The van der Waals surface area contributed by atoms with Crippen LogP contribution in [0.5, 0.6) is 5.75 Å². The molecule has 1 amide bonds. The summed E-state index contributed by atoms with van der Waals surface area (Å²) in [4.78, 5) is 19.1. The van der Waals surface area contributed by atoms with Gasteiger partial charge in [0.05, 0.1) is 18.0 Å². The molecule has 7 nitrogen and oxygen atoms in total. The van der Waals surface area contributed by atoms with Crippen LogP contribution in [-0.4, -0.2) is 40.7 Å². The van der Waals surface area contributed by atoms with Crippen molar-refractivity contribution in [1.82, 2.24) is 15.2 Å². The number of hydrogen-bond acceptors (Lipinski definition) is 6. The lowest BCUT2D eigenvalue weighted by Crippen LogP contribution is -2.40. The van der Waals surface area contributed by atoms with Crippen molar-refractivity contribution in [3.8, 4) is 5.75 Å². The van der Waals surface area contributed by atoms with Crippen molar-refractivity contribution < 1.29 is 9.53 Å². The normalized spacial score (nSPS) is 17.7. The van der Waals surface area contributed by atoms with E-state index in [1.807, 2.05) is 42.5 Å². The van der Waals surface area contributed by atoms with Crippen LogP contribution < -0.4 is 15.8 Å². The summed E-state index contributed by atoms with van der Waals surface area (Å²) in [5.41, 5.74) is 10.3. The van der Waals surface area contributed by atoms with Crippen molar-refractivity contribution in [2.45, 2.75) is 38.5 Å². The first-order chi connectivity index (χ1) is 16.8. The monoisotopic (exact) mass is 469 g/mol. The van der Waals surface area contributed by atoms with Gasteiger partial charge in [-0.25, -0.2) is 0 Å². The van der Waals surface area contributed by atoms with E-state index < -0.39 is 0 Å². The molecule has 1 saturated heterocycles. The molecule has 4 rings (SSSR count). The number of piperidine rings is 1. The van der Waals surface area contributed by atoms with Crippen molar-refractivity contribution in [1.29, 1.82) is 5.41 Å². The topological polar surface area (TPSA) is 104 Å². The van der Waals surface area contributed by atoms with E-state index >= 15 is 0 Å². The summed E-state index contributed by atoms with van der Waals surface area (Å²) in [6.07, 6.45) is 3.49. The van der Waals surface area contributed by atoms with Crippen molar-refractivity contribution >= 4 is 17.3 Å². The first-order valence-corrected chi connectivity index (χ1v) is 11.7. The molecule has 1 fully saturated rings. The molecule has 7 heteroatoms. The van der Waals surface area contributed by atoms with E-state index in [0.29, 0.717) is 35.0 Å². The Morgan fingerprint density at radius 1 is 1.20 bits per heavy atom. The average molecular weight is 470 g/mol. The number of anilines is 1. The lowest BCUT2D eigenvalue weighted by molar-refractivity contribution is 0.0950. The molecule has 0 radical (unpaired) electrons. The molecule has 35 heavy (non-hydrogen) atoms. The second-order valence-corrected chi connectivity index (χ2v) is 8.91. The van der Waals surface area contributed by atoms with Crippen LogP contribution in [0, 0.1) is 5.41 Å².